The Hall–Kier alpha value is -1.42. The number of benzene rings is 1. The van der Waals surface area contributed by atoms with E-state index in [0.29, 0.717) is 12.8 Å². The minimum atomic E-state index is -1.14. The highest BCUT2D eigenvalue weighted by atomic mass is 35.5. The van der Waals surface area contributed by atoms with Crippen molar-refractivity contribution in [1.29, 1.82) is 0 Å². The average Bonchev–Trinajstić information content (AvgIpc) is 3.02. The third-order valence-electron chi connectivity index (χ3n) is 2.68. The van der Waals surface area contributed by atoms with Crippen molar-refractivity contribution < 1.29 is 14.0 Å². The van der Waals surface area contributed by atoms with E-state index in [2.05, 4.69) is 5.32 Å². The lowest BCUT2D eigenvalue weighted by molar-refractivity contribution is -0.128. The third kappa shape index (κ3) is 1.80. The van der Waals surface area contributed by atoms with Crippen LogP contribution in [0.3, 0.4) is 0 Å². The molecule has 2 rings (SSSR count). The molecule has 0 radical (unpaired) electrons. The van der Waals surface area contributed by atoms with Gasteiger partial charge in [0.15, 0.2) is 0 Å². The molecule has 0 spiro atoms. The van der Waals surface area contributed by atoms with Crippen molar-refractivity contribution in [3.05, 3.63) is 30.1 Å². The molecule has 1 aromatic rings. The van der Waals surface area contributed by atoms with Crippen molar-refractivity contribution in [2.75, 3.05) is 5.32 Å². The number of hydrogen-bond donors (Lipinski definition) is 1. The molecule has 0 heterocycles. The summed E-state index contributed by atoms with van der Waals surface area (Å²) in [5, 5.41) is 1.70. The largest absolute Gasteiger partial charge is 0.323 e. The maximum atomic E-state index is 13.2. The minimum Gasteiger partial charge on any atom is -0.323 e. The Morgan fingerprint density at radius 2 is 1.94 bits per heavy atom. The van der Waals surface area contributed by atoms with Crippen LogP contribution in [0, 0.1) is 11.2 Å². The first-order valence-corrected chi connectivity index (χ1v) is 5.20. The van der Waals surface area contributed by atoms with Gasteiger partial charge >= 0.3 is 0 Å². The lowest BCUT2D eigenvalue weighted by atomic mass is 10.1. The van der Waals surface area contributed by atoms with E-state index in [0.717, 1.165) is 0 Å². The summed E-state index contributed by atoms with van der Waals surface area (Å²) in [5.41, 5.74) is -1.07. The van der Waals surface area contributed by atoms with E-state index < -0.39 is 22.4 Å². The van der Waals surface area contributed by atoms with E-state index in [1.54, 1.807) is 6.07 Å². The minimum absolute atomic E-state index is 0.0664. The highest BCUT2D eigenvalue weighted by Gasteiger charge is 2.55. The number of halogens is 2. The molecule has 1 amide bonds. The maximum absolute atomic E-state index is 13.2. The van der Waals surface area contributed by atoms with Gasteiger partial charge in [-0.3, -0.25) is 9.59 Å². The zero-order valence-electron chi connectivity index (χ0n) is 8.30. The Morgan fingerprint density at radius 1 is 1.31 bits per heavy atom. The second-order valence-electron chi connectivity index (χ2n) is 3.79. The second-order valence-corrected chi connectivity index (χ2v) is 4.13. The number of amides is 1. The molecule has 0 saturated heterocycles. The zero-order valence-corrected chi connectivity index (χ0v) is 9.05. The molecular formula is C11H9ClFNO2. The molecule has 5 heteroatoms. The number of hydrogen-bond acceptors (Lipinski definition) is 2. The monoisotopic (exact) mass is 241 g/mol. The van der Waals surface area contributed by atoms with Crippen LogP contribution in [0.4, 0.5) is 10.1 Å². The third-order valence-corrected chi connectivity index (χ3v) is 3.04. The molecule has 0 aromatic heterocycles. The molecule has 84 valence electrons. The number of carbonyl (C=O) groups is 2. The molecule has 1 aliphatic carbocycles. The summed E-state index contributed by atoms with van der Waals surface area (Å²) in [4.78, 5) is 22.8. The van der Waals surface area contributed by atoms with Gasteiger partial charge in [-0.1, -0.05) is 12.1 Å². The Kier molecular flexibility index (Phi) is 2.68. The van der Waals surface area contributed by atoms with Crippen molar-refractivity contribution >= 4 is 28.4 Å². The van der Waals surface area contributed by atoms with Crippen LogP contribution in [0.2, 0.25) is 0 Å². The van der Waals surface area contributed by atoms with Crippen molar-refractivity contribution in [3.63, 3.8) is 0 Å². The van der Waals surface area contributed by atoms with E-state index >= 15 is 0 Å². The molecule has 0 bridgehead atoms. The first kappa shape index (κ1) is 11.1. The molecule has 1 aromatic carbocycles. The van der Waals surface area contributed by atoms with Gasteiger partial charge in [-0.2, -0.15) is 0 Å². The number of carbonyl (C=O) groups excluding carboxylic acids is 2. The second kappa shape index (κ2) is 3.87. The van der Waals surface area contributed by atoms with Gasteiger partial charge in [-0.25, -0.2) is 4.39 Å². The van der Waals surface area contributed by atoms with Crippen LogP contribution >= 0.6 is 11.6 Å². The van der Waals surface area contributed by atoms with Crippen LogP contribution in [-0.4, -0.2) is 11.1 Å². The molecule has 0 unspecified atom stereocenters. The highest BCUT2D eigenvalue weighted by Crippen LogP contribution is 2.48. The highest BCUT2D eigenvalue weighted by molar-refractivity contribution is 6.67. The van der Waals surface area contributed by atoms with Gasteiger partial charge in [0.1, 0.15) is 11.2 Å². The van der Waals surface area contributed by atoms with Gasteiger partial charge in [0.25, 0.3) is 0 Å². The lowest BCUT2D eigenvalue weighted by Gasteiger charge is -2.11. The maximum Gasteiger partial charge on any atom is 0.239 e. The normalized spacial score (nSPS) is 16.6. The van der Waals surface area contributed by atoms with E-state index in [1.807, 2.05) is 0 Å². The van der Waals surface area contributed by atoms with Gasteiger partial charge in [0, 0.05) is 0 Å². The van der Waals surface area contributed by atoms with Crippen LogP contribution < -0.4 is 5.32 Å². The fourth-order valence-corrected chi connectivity index (χ4v) is 1.72. The Balaban J connectivity index is 2.15. The lowest BCUT2D eigenvalue weighted by Crippen LogP contribution is -2.29. The predicted octanol–water partition coefficient (Wildman–Crippen LogP) is 2.31. The molecule has 3 nitrogen and oxygen atoms in total. The molecule has 1 N–H and O–H groups in total. The van der Waals surface area contributed by atoms with Gasteiger partial charge in [0.05, 0.1) is 5.69 Å². The quantitative estimate of drug-likeness (QED) is 0.652. The van der Waals surface area contributed by atoms with Crippen LogP contribution in [0.1, 0.15) is 12.8 Å². The molecule has 1 fully saturated rings. The molecule has 0 atom stereocenters. The molecular weight excluding hydrogens is 233 g/mol. The topological polar surface area (TPSA) is 46.2 Å². The summed E-state index contributed by atoms with van der Waals surface area (Å²) in [7, 11) is 0. The zero-order chi connectivity index (χ0) is 11.8. The number of rotatable bonds is 3. The van der Waals surface area contributed by atoms with Gasteiger partial charge in [-0.15, -0.1) is 0 Å². The average molecular weight is 242 g/mol. The van der Waals surface area contributed by atoms with Crippen LogP contribution in [0.25, 0.3) is 0 Å². The smallest absolute Gasteiger partial charge is 0.239 e. The van der Waals surface area contributed by atoms with Crippen molar-refractivity contribution in [2.45, 2.75) is 12.8 Å². The fraction of sp³-hybridized carbons (Fsp3) is 0.273. The first-order chi connectivity index (χ1) is 7.56. The molecule has 1 aliphatic rings. The molecule has 0 aliphatic heterocycles. The summed E-state index contributed by atoms with van der Waals surface area (Å²) < 4.78 is 13.2. The van der Waals surface area contributed by atoms with E-state index in [1.165, 1.54) is 18.2 Å². The van der Waals surface area contributed by atoms with Crippen LogP contribution in [0.15, 0.2) is 24.3 Å². The first-order valence-electron chi connectivity index (χ1n) is 4.82. The summed E-state index contributed by atoms with van der Waals surface area (Å²) >= 11 is 5.34. The van der Waals surface area contributed by atoms with Crippen LogP contribution in [-0.2, 0) is 9.59 Å². The van der Waals surface area contributed by atoms with E-state index in [4.69, 9.17) is 11.6 Å². The van der Waals surface area contributed by atoms with Crippen molar-refractivity contribution in [1.82, 2.24) is 0 Å². The van der Waals surface area contributed by atoms with Crippen molar-refractivity contribution in [3.8, 4) is 0 Å². The summed E-state index contributed by atoms with van der Waals surface area (Å²) in [6, 6.07) is 5.78. The Labute approximate surface area is 96.6 Å². The van der Waals surface area contributed by atoms with Gasteiger partial charge < -0.3 is 5.32 Å². The number of nitrogens with one attached hydrogen (secondary N) is 1. The SMILES string of the molecule is O=C(Cl)C1(C(=O)Nc2ccccc2F)CC1. The Morgan fingerprint density at radius 3 is 2.44 bits per heavy atom. The van der Waals surface area contributed by atoms with E-state index in [-0.39, 0.29) is 5.69 Å². The Bertz CT molecular complexity index is 457. The number of para-hydroxylation sites is 1. The summed E-state index contributed by atoms with van der Waals surface area (Å²) in [5.74, 6) is -1.06. The molecule has 1 saturated carbocycles. The van der Waals surface area contributed by atoms with Crippen molar-refractivity contribution in [2.24, 2.45) is 5.41 Å². The standard InChI is InChI=1S/C11H9ClFNO2/c12-9(15)11(5-6-11)10(16)14-8-4-2-1-3-7(8)13/h1-4H,5-6H2,(H,14,16). The van der Waals surface area contributed by atoms with E-state index in [9.17, 15) is 14.0 Å². The summed E-state index contributed by atoms with van der Waals surface area (Å²) in [6.07, 6.45) is 0.852. The molecule has 16 heavy (non-hydrogen) atoms. The number of anilines is 1. The van der Waals surface area contributed by atoms with Crippen LogP contribution in [0.5, 0.6) is 0 Å². The van der Waals surface area contributed by atoms with Gasteiger partial charge in [0.2, 0.25) is 11.1 Å². The summed E-state index contributed by atoms with van der Waals surface area (Å²) in [6.45, 7) is 0. The predicted molar refractivity (Wildman–Crippen MR) is 57.6 cm³/mol. The van der Waals surface area contributed by atoms with Gasteiger partial charge in [-0.05, 0) is 36.6 Å². The fourth-order valence-electron chi connectivity index (χ4n) is 1.44.